The highest BCUT2D eigenvalue weighted by Gasteiger charge is 2.34. The molecule has 1 aliphatic heterocycles. The number of aliphatic hydroxyl groups excluding tert-OH is 1. The lowest BCUT2D eigenvalue weighted by molar-refractivity contribution is -0.149. The monoisotopic (exact) mass is 372 g/mol. The maximum atomic E-state index is 12.1. The van der Waals surface area contributed by atoms with E-state index in [0.29, 0.717) is 26.3 Å². The lowest BCUT2D eigenvalue weighted by atomic mass is 9.87. The number of hydrogen-bond donors (Lipinski definition) is 2. The molecule has 1 rings (SSSR count). The van der Waals surface area contributed by atoms with Crippen molar-refractivity contribution in [1.82, 2.24) is 10.2 Å². The zero-order valence-corrected chi connectivity index (χ0v) is 15.5. The van der Waals surface area contributed by atoms with Crippen LogP contribution in [0.1, 0.15) is 13.8 Å². The third-order valence-electron chi connectivity index (χ3n) is 3.96. The third-order valence-corrected chi connectivity index (χ3v) is 3.96. The van der Waals surface area contributed by atoms with E-state index in [1.807, 2.05) is 0 Å². The molecule has 0 unspecified atom stereocenters. The molecule has 148 valence electrons. The van der Waals surface area contributed by atoms with Crippen molar-refractivity contribution in [3.05, 3.63) is 12.2 Å². The first-order valence-electron chi connectivity index (χ1n) is 8.45. The van der Waals surface area contributed by atoms with Crippen LogP contribution in [0.4, 0.5) is 0 Å². The molecule has 0 aliphatic carbocycles. The summed E-state index contributed by atoms with van der Waals surface area (Å²) in [5.41, 5.74) is -0.988. The highest BCUT2D eigenvalue weighted by atomic mass is 16.5. The van der Waals surface area contributed by atoms with Gasteiger partial charge in [0.15, 0.2) is 0 Å². The van der Waals surface area contributed by atoms with E-state index >= 15 is 0 Å². The maximum Gasteiger partial charge on any atom is 0.331 e. The quantitative estimate of drug-likeness (QED) is 0.395. The van der Waals surface area contributed by atoms with Gasteiger partial charge in [-0.15, -0.1) is 0 Å². The molecule has 1 heterocycles. The highest BCUT2D eigenvalue weighted by Crippen LogP contribution is 2.21. The van der Waals surface area contributed by atoms with Crippen LogP contribution in [0.15, 0.2) is 12.2 Å². The Labute approximate surface area is 153 Å². The second kappa shape index (κ2) is 10.9. The number of nitrogens with zero attached hydrogens (tertiary/aromatic N) is 1. The molecule has 0 aromatic heterocycles. The van der Waals surface area contributed by atoms with Gasteiger partial charge in [0.2, 0.25) is 5.91 Å². The van der Waals surface area contributed by atoms with E-state index in [4.69, 9.17) is 9.47 Å². The lowest BCUT2D eigenvalue weighted by Crippen LogP contribution is -2.48. The molecule has 1 amide bonds. The van der Waals surface area contributed by atoms with Crippen LogP contribution in [0, 0.1) is 5.41 Å². The molecule has 1 saturated heterocycles. The molecule has 0 aromatic carbocycles. The van der Waals surface area contributed by atoms with Crippen LogP contribution in [-0.4, -0.2) is 87.1 Å². The SMILES string of the molecule is COC(=O)/C=C/C(=O)OCC(C)(C)[C@@H](O)C(=O)NCCN1CCOCC1. The number of esters is 2. The minimum atomic E-state index is -1.34. The summed E-state index contributed by atoms with van der Waals surface area (Å²) < 4.78 is 14.6. The van der Waals surface area contributed by atoms with Gasteiger partial charge < -0.3 is 24.6 Å². The van der Waals surface area contributed by atoms with Crippen molar-refractivity contribution in [3.8, 4) is 0 Å². The van der Waals surface area contributed by atoms with Crippen LogP contribution in [0.5, 0.6) is 0 Å². The number of carbonyl (C=O) groups is 3. The van der Waals surface area contributed by atoms with Crippen LogP contribution in [0.3, 0.4) is 0 Å². The summed E-state index contributed by atoms with van der Waals surface area (Å²) in [6, 6.07) is 0. The molecule has 1 atom stereocenters. The van der Waals surface area contributed by atoms with Gasteiger partial charge in [0.05, 0.1) is 26.9 Å². The van der Waals surface area contributed by atoms with E-state index in [2.05, 4.69) is 15.0 Å². The number of methoxy groups -OCH3 is 1. The first-order valence-corrected chi connectivity index (χ1v) is 8.45. The van der Waals surface area contributed by atoms with Gasteiger partial charge in [0.25, 0.3) is 0 Å². The number of amides is 1. The van der Waals surface area contributed by atoms with Crippen molar-refractivity contribution in [1.29, 1.82) is 0 Å². The number of nitrogens with one attached hydrogen (secondary N) is 1. The van der Waals surface area contributed by atoms with Crippen molar-refractivity contribution in [2.24, 2.45) is 5.41 Å². The molecule has 0 bridgehead atoms. The molecule has 1 aliphatic rings. The summed E-state index contributed by atoms with van der Waals surface area (Å²) in [6.07, 6.45) is 0.519. The Balaban J connectivity index is 2.36. The Morgan fingerprint density at radius 1 is 1.23 bits per heavy atom. The number of aliphatic hydroxyl groups is 1. The highest BCUT2D eigenvalue weighted by molar-refractivity contribution is 5.91. The van der Waals surface area contributed by atoms with Crippen molar-refractivity contribution >= 4 is 17.8 Å². The molecular formula is C17H28N2O7. The van der Waals surface area contributed by atoms with E-state index in [1.54, 1.807) is 13.8 Å². The standard InChI is InChI=1S/C17H28N2O7/c1-17(2,12-26-14(21)5-4-13(20)24-3)15(22)16(23)18-6-7-19-8-10-25-11-9-19/h4-5,15,22H,6-12H2,1-3H3,(H,18,23)/b5-4+/t15-/m0/s1. The largest absolute Gasteiger partial charge is 0.466 e. The van der Waals surface area contributed by atoms with E-state index in [0.717, 1.165) is 25.2 Å². The molecule has 0 aromatic rings. The van der Waals surface area contributed by atoms with Crippen molar-refractivity contribution in [3.63, 3.8) is 0 Å². The van der Waals surface area contributed by atoms with Gasteiger partial charge in [-0.1, -0.05) is 13.8 Å². The molecule has 2 N–H and O–H groups in total. The molecule has 0 saturated carbocycles. The normalized spacial score (nSPS) is 16.9. The fourth-order valence-electron chi connectivity index (χ4n) is 2.20. The topological polar surface area (TPSA) is 114 Å². The van der Waals surface area contributed by atoms with Gasteiger partial charge >= 0.3 is 11.9 Å². The predicted octanol–water partition coefficient (Wildman–Crippen LogP) is -0.906. The van der Waals surface area contributed by atoms with Gasteiger partial charge in [-0.25, -0.2) is 9.59 Å². The van der Waals surface area contributed by atoms with Gasteiger partial charge in [-0.05, 0) is 0 Å². The van der Waals surface area contributed by atoms with Crippen molar-refractivity contribution < 1.29 is 33.7 Å². The Bertz CT molecular complexity index is 513. The Hall–Kier alpha value is -1.97. The Morgan fingerprint density at radius 2 is 1.85 bits per heavy atom. The predicted molar refractivity (Wildman–Crippen MR) is 92.2 cm³/mol. The van der Waals surface area contributed by atoms with Gasteiger partial charge in [-0.2, -0.15) is 0 Å². The first-order chi connectivity index (χ1) is 12.3. The second-order valence-electron chi connectivity index (χ2n) is 6.60. The van der Waals surface area contributed by atoms with Crippen LogP contribution in [-0.2, 0) is 28.6 Å². The summed E-state index contributed by atoms with van der Waals surface area (Å²) in [4.78, 5) is 36.7. The van der Waals surface area contributed by atoms with Gasteiger partial charge in [-0.3, -0.25) is 9.69 Å². The fraction of sp³-hybridized carbons (Fsp3) is 0.706. The molecule has 0 spiro atoms. The number of ether oxygens (including phenoxy) is 3. The average molecular weight is 372 g/mol. The van der Waals surface area contributed by atoms with Gasteiger partial charge in [0.1, 0.15) is 6.10 Å². The molecule has 1 fully saturated rings. The first kappa shape index (κ1) is 22.1. The summed E-state index contributed by atoms with van der Waals surface area (Å²) in [6.45, 7) is 7.11. The zero-order chi connectivity index (χ0) is 19.6. The minimum absolute atomic E-state index is 0.185. The Morgan fingerprint density at radius 3 is 2.46 bits per heavy atom. The summed E-state index contributed by atoms with van der Waals surface area (Å²) in [5.74, 6) is -1.96. The number of rotatable bonds is 9. The van der Waals surface area contributed by atoms with E-state index in [1.165, 1.54) is 7.11 Å². The summed E-state index contributed by atoms with van der Waals surface area (Å²) in [5, 5.41) is 12.9. The Kier molecular flexibility index (Phi) is 9.25. The van der Waals surface area contributed by atoms with Gasteiger partial charge in [0, 0.05) is 43.7 Å². The summed E-state index contributed by atoms with van der Waals surface area (Å²) >= 11 is 0. The van der Waals surface area contributed by atoms with E-state index < -0.39 is 29.4 Å². The average Bonchev–Trinajstić information content (AvgIpc) is 2.64. The fourth-order valence-corrected chi connectivity index (χ4v) is 2.20. The van der Waals surface area contributed by atoms with Crippen molar-refractivity contribution in [2.75, 3.05) is 53.1 Å². The van der Waals surface area contributed by atoms with E-state index in [-0.39, 0.29) is 6.61 Å². The molecule has 0 radical (unpaired) electrons. The number of carbonyl (C=O) groups excluding carboxylic acids is 3. The van der Waals surface area contributed by atoms with E-state index in [9.17, 15) is 19.5 Å². The zero-order valence-electron chi connectivity index (χ0n) is 15.5. The molecule has 9 heteroatoms. The second-order valence-corrected chi connectivity index (χ2v) is 6.60. The van der Waals surface area contributed by atoms with Crippen LogP contribution in [0.2, 0.25) is 0 Å². The molecule has 9 nitrogen and oxygen atoms in total. The molecule has 26 heavy (non-hydrogen) atoms. The smallest absolute Gasteiger partial charge is 0.331 e. The molecular weight excluding hydrogens is 344 g/mol. The number of morpholine rings is 1. The lowest BCUT2D eigenvalue weighted by Gasteiger charge is -2.30. The minimum Gasteiger partial charge on any atom is -0.466 e. The third kappa shape index (κ3) is 7.94. The maximum absolute atomic E-state index is 12.1. The van der Waals surface area contributed by atoms with Crippen LogP contribution >= 0.6 is 0 Å². The summed E-state index contributed by atoms with van der Waals surface area (Å²) in [7, 11) is 1.19. The van der Waals surface area contributed by atoms with Crippen LogP contribution in [0.25, 0.3) is 0 Å². The van der Waals surface area contributed by atoms with Crippen molar-refractivity contribution in [2.45, 2.75) is 20.0 Å². The van der Waals surface area contributed by atoms with Crippen LogP contribution < -0.4 is 5.32 Å². The number of hydrogen-bond acceptors (Lipinski definition) is 8.